The standard InChI is InChI=1S/C21H34N2O5S/c1-20(2,3)28-19(24)23-15-16(14-21(23,4)5)8-6-7-13-27-17-9-11-18(12-10-17)29(22,25)26/h9-12,16H,6-8,13-15H2,1-5H3,(H2,22,25,26)/t16-/m0/s1. The molecule has 2 rings (SSSR count). The van der Waals surface area contributed by atoms with Gasteiger partial charge in [0, 0.05) is 12.1 Å². The third-order valence-electron chi connectivity index (χ3n) is 5.00. The van der Waals surface area contributed by atoms with Crippen molar-refractivity contribution in [2.75, 3.05) is 13.2 Å². The Morgan fingerprint density at radius 3 is 2.38 bits per heavy atom. The van der Waals surface area contributed by atoms with E-state index < -0.39 is 15.6 Å². The molecule has 1 amide bonds. The van der Waals surface area contributed by atoms with Gasteiger partial charge >= 0.3 is 6.09 Å². The summed E-state index contributed by atoms with van der Waals surface area (Å²) in [6.45, 7) is 11.1. The van der Waals surface area contributed by atoms with Crippen LogP contribution in [0.1, 0.15) is 60.3 Å². The Bertz CT molecular complexity index is 797. The largest absolute Gasteiger partial charge is 0.494 e. The lowest BCUT2D eigenvalue weighted by Gasteiger charge is -2.33. The van der Waals surface area contributed by atoms with Crippen molar-refractivity contribution in [3.05, 3.63) is 24.3 Å². The third kappa shape index (κ3) is 7.19. The molecule has 29 heavy (non-hydrogen) atoms. The van der Waals surface area contributed by atoms with Crippen LogP contribution in [-0.4, -0.2) is 43.7 Å². The van der Waals surface area contributed by atoms with Crippen molar-refractivity contribution < 1.29 is 22.7 Å². The molecule has 1 heterocycles. The molecule has 0 unspecified atom stereocenters. The first kappa shape index (κ1) is 23.5. The second-order valence-corrected chi connectivity index (χ2v) is 10.9. The Balaban J connectivity index is 1.73. The summed E-state index contributed by atoms with van der Waals surface area (Å²) >= 11 is 0. The van der Waals surface area contributed by atoms with Crippen LogP contribution in [0.4, 0.5) is 4.79 Å². The number of benzene rings is 1. The lowest BCUT2D eigenvalue weighted by Crippen LogP contribution is -2.45. The second-order valence-electron chi connectivity index (χ2n) is 9.33. The maximum absolute atomic E-state index is 12.5. The maximum Gasteiger partial charge on any atom is 0.410 e. The van der Waals surface area contributed by atoms with Crippen molar-refractivity contribution in [1.29, 1.82) is 0 Å². The van der Waals surface area contributed by atoms with E-state index in [0.717, 1.165) is 32.2 Å². The van der Waals surface area contributed by atoms with E-state index in [1.165, 1.54) is 12.1 Å². The van der Waals surface area contributed by atoms with E-state index in [1.807, 2.05) is 25.7 Å². The number of hydrogen-bond donors (Lipinski definition) is 1. The van der Waals surface area contributed by atoms with Gasteiger partial charge in [0.25, 0.3) is 0 Å². The Hall–Kier alpha value is -1.80. The van der Waals surface area contributed by atoms with Crippen molar-refractivity contribution >= 4 is 16.1 Å². The molecular weight excluding hydrogens is 392 g/mol. The summed E-state index contributed by atoms with van der Waals surface area (Å²) in [5.41, 5.74) is -0.691. The van der Waals surface area contributed by atoms with Crippen molar-refractivity contribution in [2.24, 2.45) is 11.1 Å². The summed E-state index contributed by atoms with van der Waals surface area (Å²) in [5, 5.41) is 5.08. The molecule has 7 nitrogen and oxygen atoms in total. The third-order valence-corrected chi connectivity index (χ3v) is 5.93. The predicted octanol–water partition coefficient (Wildman–Crippen LogP) is 3.92. The molecule has 1 saturated heterocycles. The van der Waals surface area contributed by atoms with Gasteiger partial charge in [-0.2, -0.15) is 0 Å². The Labute approximate surface area is 174 Å². The molecule has 1 atom stereocenters. The number of carbonyl (C=O) groups excluding carboxylic acids is 1. The number of amides is 1. The maximum atomic E-state index is 12.5. The summed E-state index contributed by atoms with van der Waals surface area (Å²) < 4.78 is 33.7. The van der Waals surface area contributed by atoms with Gasteiger partial charge in [-0.1, -0.05) is 0 Å². The molecule has 0 spiro atoms. The van der Waals surface area contributed by atoms with Crippen LogP contribution in [0.15, 0.2) is 29.2 Å². The molecule has 164 valence electrons. The number of carbonyl (C=O) groups is 1. The first-order valence-electron chi connectivity index (χ1n) is 10.0. The first-order chi connectivity index (χ1) is 13.3. The van der Waals surface area contributed by atoms with Crippen LogP contribution in [0.5, 0.6) is 5.75 Å². The van der Waals surface area contributed by atoms with Crippen LogP contribution in [0.25, 0.3) is 0 Å². The monoisotopic (exact) mass is 426 g/mol. The molecule has 1 aliphatic heterocycles. The lowest BCUT2D eigenvalue weighted by molar-refractivity contribution is 0.0130. The van der Waals surface area contributed by atoms with E-state index in [-0.39, 0.29) is 16.5 Å². The van der Waals surface area contributed by atoms with E-state index in [1.54, 1.807) is 12.1 Å². The quantitative estimate of drug-likeness (QED) is 0.666. The fraction of sp³-hybridized carbons (Fsp3) is 0.667. The van der Waals surface area contributed by atoms with Crippen molar-refractivity contribution in [3.63, 3.8) is 0 Å². The van der Waals surface area contributed by atoms with Gasteiger partial charge in [-0.05, 0) is 90.5 Å². The van der Waals surface area contributed by atoms with Crippen molar-refractivity contribution in [1.82, 2.24) is 4.90 Å². The van der Waals surface area contributed by atoms with E-state index in [4.69, 9.17) is 14.6 Å². The van der Waals surface area contributed by atoms with Gasteiger partial charge < -0.3 is 14.4 Å². The number of primary sulfonamides is 1. The molecule has 8 heteroatoms. The zero-order valence-corrected chi connectivity index (χ0v) is 18.9. The van der Waals surface area contributed by atoms with Crippen LogP contribution in [0.3, 0.4) is 0 Å². The summed E-state index contributed by atoms with van der Waals surface area (Å²) in [6.07, 6.45) is 3.63. The number of likely N-dealkylation sites (tertiary alicyclic amines) is 1. The lowest BCUT2D eigenvalue weighted by atomic mass is 9.93. The summed E-state index contributed by atoms with van der Waals surface area (Å²) in [6, 6.07) is 6.10. The average molecular weight is 427 g/mol. The minimum Gasteiger partial charge on any atom is -0.494 e. The fourth-order valence-electron chi connectivity index (χ4n) is 3.67. The number of ether oxygens (including phenoxy) is 2. The Morgan fingerprint density at radius 1 is 1.21 bits per heavy atom. The van der Waals surface area contributed by atoms with Gasteiger partial charge in [0.15, 0.2) is 0 Å². The van der Waals surface area contributed by atoms with Gasteiger partial charge in [-0.3, -0.25) is 0 Å². The SMILES string of the molecule is CC(C)(C)OC(=O)N1C[C@@H](CCCCOc2ccc(S(N)(=O)=O)cc2)CC1(C)C. The molecule has 0 bridgehead atoms. The van der Waals surface area contributed by atoms with E-state index >= 15 is 0 Å². The summed E-state index contributed by atoms with van der Waals surface area (Å²) in [5.74, 6) is 1.07. The predicted molar refractivity (Wildman–Crippen MR) is 112 cm³/mol. The highest BCUT2D eigenvalue weighted by molar-refractivity contribution is 7.89. The second kappa shape index (κ2) is 8.92. The van der Waals surface area contributed by atoms with Gasteiger partial charge in [0.05, 0.1) is 11.5 Å². The van der Waals surface area contributed by atoms with E-state index in [9.17, 15) is 13.2 Å². The molecule has 1 aromatic carbocycles. The van der Waals surface area contributed by atoms with Crippen molar-refractivity contribution in [3.8, 4) is 5.75 Å². The molecule has 0 aromatic heterocycles. The van der Waals surface area contributed by atoms with E-state index in [0.29, 0.717) is 18.3 Å². The molecule has 0 saturated carbocycles. The normalized spacial score (nSPS) is 19.2. The van der Waals surface area contributed by atoms with Crippen LogP contribution >= 0.6 is 0 Å². The molecule has 1 aromatic rings. The molecular formula is C21H34N2O5S. The summed E-state index contributed by atoms with van der Waals surface area (Å²) in [4.78, 5) is 14.4. The fourth-order valence-corrected chi connectivity index (χ4v) is 4.18. The number of hydrogen-bond acceptors (Lipinski definition) is 5. The zero-order chi connectivity index (χ0) is 21.9. The van der Waals surface area contributed by atoms with Gasteiger partial charge in [0.2, 0.25) is 10.0 Å². The highest BCUT2D eigenvalue weighted by atomic mass is 32.2. The molecule has 2 N–H and O–H groups in total. The first-order valence-corrected chi connectivity index (χ1v) is 11.6. The number of nitrogens with two attached hydrogens (primary N) is 1. The summed E-state index contributed by atoms with van der Waals surface area (Å²) in [7, 11) is -3.68. The van der Waals surface area contributed by atoms with Gasteiger partial charge in [-0.25, -0.2) is 18.4 Å². The highest BCUT2D eigenvalue weighted by Gasteiger charge is 2.42. The average Bonchev–Trinajstić information content (AvgIpc) is 2.87. The minimum atomic E-state index is -3.68. The highest BCUT2D eigenvalue weighted by Crippen LogP contribution is 2.36. The number of rotatable bonds is 7. The number of unbranched alkanes of at least 4 members (excludes halogenated alkanes) is 1. The van der Waals surface area contributed by atoms with Crippen LogP contribution in [0, 0.1) is 5.92 Å². The topological polar surface area (TPSA) is 98.9 Å². The van der Waals surface area contributed by atoms with Crippen LogP contribution < -0.4 is 9.88 Å². The smallest absolute Gasteiger partial charge is 0.410 e. The molecule has 1 aliphatic rings. The van der Waals surface area contributed by atoms with Gasteiger partial charge in [-0.15, -0.1) is 0 Å². The molecule has 1 fully saturated rings. The van der Waals surface area contributed by atoms with E-state index in [2.05, 4.69) is 13.8 Å². The van der Waals surface area contributed by atoms with Crippen LogP contribution in [-0.2, 0) is 14.8 Å². The number of sulfonamides is 1. The Kier molecular flexibility index (Phi) is 7.22. The Morgan fingerprint density at radius 2 is 1.83 bits per heavy atom. The van der Waals surface area contributed by atoms with Crippen molar-refractivity contribution in [2.45, 2.75) is 76.3 Å². The van der Waals surface area contributed by atoms with Crippen LogP contribution in [0.2, 0.25) is 0 Å². The minimum absolute atomic E-state index is 0.0724. The van der Waals surface area contributed by atoms with Gasteiger partial charge in [0.1, 0.15) is 11.4 Å². The molecule has 0 aliphatic carbocycles. The zero-order valence-electron chi connectivity index (χ0n) is 18.1. The number of nitrogens with zero attached hydrogens (tertiary/aromatic N) is 1. The molecule has 0 radical (unpaired) electrons.